The quantitative estimate of drug-likeness (QED) is 0.456. The number of thiazole rings is 1. The van der Waals surface area contributed by atoms with Gasteiger partial charge < -0.3 is 5.32 Å². The summed E-state index contributed by atoms with van der Waals surface area (Å²) >= 11 is 1.66. The number of para-hydroxylation sites is 2. The molecule has 3 heterocycles. The van der Waals surface area contributed by atoms with Crippen LogP contribution in [0.4, 0.5) is 5.13 Å². The van der Waals surface area contributed by atoms with E-state index in [1.165, 1.54) is 4.70 Å². The smallest absolute Gasteiger partial charge is 0.184 e. The molecule has 0 spiro atoms. The Labute approximate surface area is 166 Å². The molecule has 0 aliphatic heterocycles. The topological polar surface area (TPSA) is 55.6 Å². The SMILES string of the molecule is c1ccc(-n2cc(CNc3nc4ccccc4s3)c(-c3ccncc3)n2)cc1. The van der Waals surface area contributed by atoms with E-state index in [1.54, 1.807) is 23.7 Å². The first-order valence-electron chi connectivity index (χ1n) is 9.01. The molecule has 0 saturated carbocycles. The van der Waals surface area contributed by atoms with Crippen molar-refractivity contribution >= 4 is 26.7 Å². The van der Waals surface area contributed by atoms with Crippen LogP contribution in [0.5, 0.6) is 0 Å². The summed E-state index contributed by atoms with van der Waals surface area (Å²) in [6.07, 6.45) is 5.66. The van der Waals surface area contributed by atoms with E-state index in [0.717, 1.165) is 33.2 Å². The number of nitrogens with zero attached hydrogens (tertiary/aromatic N) is 4. The van der Waals surface area contributed by atoms with Crippen LogP contribution in [0.2, 0.25) is 0 Å². The lowest BCUT2D eigenvalue weighted by molar-refractivity contribution is 0.883. The summed E-state index contributed by atoms with van der Waals surface area (Å²) in [6, 6.07) is 22.3. The molecule has 0 aliphatic carbocycles. The highest BCUT2D eigenvalue weighted by Crippen LogP contribution is 2.28. The third-order valence-electron chi connectivity index (χ3n) is 4.49. The molecular formula is C22H17N5S. The van der Waals surface area contributed by atoms with Crippen LogP contribution >= 0.6 is 11.3 Å². The Morgan fingerprint density at radius 1 is 0.893 bits per heavy atom. The van der Waals surface area contributed by atoms with Gasteiger partial charge in [0.1, 0.15) is 0 Å². The fourth-order valence-electron chi connectivity index (χ4n) is 3.12. The third-order valence-corrected chi connectivity index (χ3v) is 5.48. The van der Waals surface area contributed by atoms with Crippen LogP contribution < -0.4 is 5.32 Å². The molecule has 0 aliphatic rings. The van der Waals surface area contributed by atoms with Crippen LogP contribution in [0, 0.1) is 0 Å². The average Bonchev–Trinajstić information content (AvgIpc) is 3.37. The number of anilines is 1. The maximum Gasteiger partial charge on any atom is 0.184 e. The number of hydrogen-bond acceptors (Lipinski definition) is 5. The van der Waals surface area contributed by atoms with Gasteiger partial charge in [-0.2, -0.15) is 5.10 Å². The lowest BCUT2D eigenvalue weighted by atomic mass is 10.1. The standard InChI is InChI=1S/C22H17N5S/c1-2-6-18(7-3-1)27-15-17(21(26-27)16-10-12-23-13-11-16)14-24-22-25-19-8-4-5-9-20(19)28-22/h1-13,15H,14H2,(H,24,25). The minimum absolute atomic E-state index is 0.643. The van der Waals surface area contributed by atoms with Gasteiger partial charge in [0.25, 0.3) is 0 Å². The highest BCUT2D eigenvalue weighted by atomic mass is 32.1. The maximum atomic E-state index is 4.84. The van der Waals surface area contributed by atoms with Gasteiger partial charge in [0, 0.05) is 36.3 Å². The van der Waals surface area contributed by atoms with Gasteiger partial charge in [0.05, 0.1) is 21.6 Å². The Morgan fingerprint density at radius 2 is 1.68 bits per heavy atom. The van der Waals surface area contributed by atoms with Gasteiger partial charge in [-0.15, -0.1) is 0 Å². The van der Waals surface area contributed by atoms with Gasteiger partial charge in [0.2, 0.25) is 0 Å². The van der Waals surface area contributed by atoms with Gasteiger partial charge in [-0.05, 0) is 36.4 Å². The molecule has 0 unspecified atom stereocenters. The van der Waals surface area contributed by atoms with Crippen molar-refractivity contribution < 1.29 is 0 Å². The Hall–Kier alpha value is -3.51. The fraction of sp³-hybridized carbons (Fsp3) is 0.0455. The van der Waals surface area contributed by atoms with Crippen molar-refractivity contribution in [3.63, 3.8) is 0 Å². The van der Waals surface area contributed by atoms with Gasteiger partial charge in [0.15, 0.2) is 5.13 Å². The van der Waals surface area contributed by atoms with Gasteiger partial charge in [-0.3, -0.25) is 4.98 Å². The van der Waals surface area contributed by atoms with Crippen LogP contribution in [0.15, 0.2) is 85.3 Å². The summed E-state index contributed by atoms with van der Waals surface area (Å²) in [6.45, 7) is 0.643. The molecule has 2 aromatic carbocycles. The highest BCUT2D eigenvalue weighted by molar-refractivity contribution is 7.22. The number of rotatable bonds is 5. The second-order valence-electron chi connectivity index (χ2n) is 6.36. The Morgan fingerprint density at radius 3 is 2.50 bits per heavy atom. The average molecular weight is 383 g/mol. The number of aromatic nitrogens is 4. The molecule has 0 saturated heterocycles. The molecule has 0 atom stereocenters. The minimum atomic E-state index is 0.643. The number of nitrogens with one attached hydrogen (secondary N) is 1. The summed E-state index contributed by atoms with van der Waals surface area (Å²) in [5.74, 6) is 0. The first-order chi connectivity index (χ1) is 13.9. The van der Waals surface area contributed by atoms with Gasteiger partial charge in [-0.25, -0.2) is 9.67 Å². The first kappa shape index (κ1) is 16.6. The molecule has 136 valence electrons. The van der Waals surface area contributed by atoms with Crippen molar-refractivity contribution in [1.82, 2.24) is 19.7 Å². The van der Waals surface area contributed by atoms with Crippen molar-refractivity contribution in [2.45, 2.75) is 6.54 Å². The second-order valence-corrected chi connectivity index (χ2v) is 7.39. The fourth-order valence-corrected chi connectivity index (χ4v) is 3.99. The zero-order valence-electron chi connectivity index (χ0n) is 15.0. The van der Waals surface area contributed by atoms with E-state index in [4.69, 9.17) is 5.10 Å². The molecule has 0 fully saturated rings. The van der Waals surface area contributed by atoms with Crippen molar-refractivity contribution in [3.8, 4) is 16.9 Å². The zero-order chi connectivity index (χ0) is 18.8. The van der Waals surface area contributed by atoms with Crippen molar-refractivity contribution in [3.05, 3.63) is 90.9 Å². The molecule has 5 aromatic rings. The van der Waals surface area contributed by atoms with Gasteiger partial charge >= 0.3 is 0 Å². The molecule has 28 heavy (non-hydrogen) atoms. The van der Waals surface area contributed by atoms with E-state index in [9.17, 15) is 0 Å². The Balaban J connectivity index is 1.49. The molecule has 5 nitrogen and oxygen atoms in total. The van der Waals surface area contributed by atoms with Crippen molar-refractivity contribution in [1.29, 1.82) is 0 Å². The van der Waals surface area contributed by atoms with E-state index in [-0.39, 0.29) is 0 Å². The van der Waals surface area contributed by atoms with Crippen LogP contribution in [-0.4, -0.2) is 19.7 Å². The highest BCUT2D eigenvalue weighted by Gasteiger charge is 2.13. The molecule has 0 amide bonds. The zero-order valence-corrected chi connectivity index (χ0v) is 15.8. The summed E-state index contributed by atoms with van der Waals surface area (Å²) in [5.41, 5.74) is 5.15. The van der Waals surface area contributed by atoms with E-state index in [2.05, 4.69) is 27.5 Å². The Kier molecular flexibility index (Phi) is 4.31. The molecule has 6 heteroatoms. The molecular weight excluding hydrogens is 366 g/mol. The molecule has 1 N–H and O–H groups in total. The number of pyridine rings is 1. The van der Waals surface area contributed by atoms with E-state index in [1.807, 2.05) is 65.3 Å². The van der Waals surface area contributed by atoms with E-state index >= 15 is 0 Å². The van der Waals surface area contributed by atoms with Crippen LogP contribution in [0.1, 0.15) is 5.56 Å². The van der Waals surface area contributed by atoms with Crippen molar-refractivity contribution in [2.24, 2.45) is 0 Å². The lowest BCUT2D eigenvalue weighted by Crippen LogP contribution is -1.99. The monoisotopic (exact) mass is 383 g/mol. The number of fused-ring (bicyclic) bond motifs is 1. The second kappa shape index (κ2) is 7.25. The summed E-state index contributed by atoms with van der Waals surface area (Å²) in [7, 11) is 0. The van der Waals surface area contributed by atoms with Crippen LogP contribution in [0.25, 0.3) is 27.2 Å². The predicted molar refractivity (Wildman–Crippen MR) is 114 cm³/mol. The third kappa shape index (κ3) is 3.25. The van der Waals surface area contributed by atoms with E-state index in [0.29, 0.717) is 6.54 Å². The van der Waals surface area contributed by atoms with Crippen LogP contribution in [0.3, 0.4) is 0 Å². The minimum Gasteiger partial charge on any atom is -0.357 e. The summed E-state index contributed by atoms with van der Waals surface area (Å²) in [5, 5.41) is 9.21. The molecule has 0 bridgehead atoms. The van der Waals surface area contributed by atoms with Crippen molar-refractivity contribution in [2.75, 3.05) is 5.32 Å². The van der Waals surface area contributed by atoms with Gasteiger partial charge in [-0.1, -0.05) is 41.7 Å². The predicted octanol–water partition coefficient (Wildman–Crippen LogP) is 5.16. The number of benzene rings is 2. The molecule has 0 radical (unpaired) electrons. The summed E-state index contributed by atoms with van der Waals surface area (Å²) in [4.78, 5) is 8.79. The summed E-state index contributed by atoms with van der Waals surface area (Å²) < 4.78 is 3.10. The number of hydrogen-bond donors (Lipinski definition) is 1. The lowest BCUT2D eigenvalue weighted by Gasteiger charge is -2.03. The Bertz CT molecular complexity index is 1180. The first-order valence-corrected chi connectivity index (χ1v) is 9.82. The molecule has 3 aromatic heterocycles. The van der Waals surface area contributed by atoms with Crippen LogP contribution in [-0.2, 0) is 6.54 Å². The molecule has 5 rings (SSSR count). The van der Waals surface area contributed by atoms with E-state index < -0.39 is 0 Å². The largest absolute Gasteiger partial charge is 0.357 e. The maximum absolute atomic E-state index is 4.84. The normalized spacial score (nSPS) is 11.0.